The van der Waals surface area contributed by atoms with Crippen LogP contribution in [0.5, 0.6) is 5.75 Å². The van der Waals surface area contributed by atoms with Gasteiger partial charge in [0.15, 0.2) is 5.82 Å². The summed E-state index contributed by atoms with van der Waals surface area (Å²) in [7, 11) is 1.65. The Hall–Kier alpha value is -2.32. The smallest absolute Gasteiger partial charge is 0.235 e. The van der Waals surface area contributed by atoms with Gasteiger partial charge in [0.2, 0.25) is 4.96 Å². The van der Waals surface area contributed by atoms with Crippen molar-refractivity contribution in [2.75, 3.05) is 7.11 Å². The van der Waals surface area contributed by atoms with E-state index in [-0.39, 0.29) is 0 Å². The standard InChI is InChI=1S/C15H10BrN5OS/c1-22-12-4-2-9(3-5-12)14-20-21-13(18-19-15(21)23-14)10-6-11(16)8-17-7-10/h2-8H,1H3. The second kappa shape index (κ2) is 5.71. The van der Waals surface area contributed by atoms with Crippen LogP contribution in [0.2, 0.25) is 0 Å². The van der Waals surface area contributed by atoms with Gasteiger partial charge in [-0.15, -0.1) is 10.2 Å². The van der Waals surface area contributed by atoms with E-state index in [1.54, 1.807) is 24.0 Å². The highest BCUT2D eigenvalue weighted by Gasteiger charge is 2.15. The largest absolute Gasteiger partial charge is 0.497 e. The van der Waals surface area contributed by atoms with E-state index in [2.05, 4.69) is 36.2 Å². The Morgan fingerprint density at radius 3 is 2.65 bits per heavy atom. The van der Waals surface area contributed by atoms with Crippen LogP contribution < -0.4 is 4.74 Å². The number of nitrogens with zero attached hydrogens (tertiary/aromatic N) is 5. The lowest BCUT2D eigenvalue weighted by atomic mass is 10.2. The molecule has 0 saturated carbocycles. The van der Waals surface area contributed by atoms with Crippen LogP contribution in [0.4, 0.5) is 0 Å². The van der Waals surface area contributed by atoms with Crippen LogP contribution in [0, 0.1) is 0 Å². The molecule has 0 amide bonds. The lowest BCUT2D eigenvalue weighted by Gasteiger charge is -2.00. The van der Waals surface area contributed by atoms with Gasteiger partial charge in [-0.1, -0.05) is 11.3 Å². The molecule has 0 aliphatic rings. The van der Waals surface area contributed by atoms with Gasteiger partial charge < -0.3 is 4.74 Å². The van der Waals surface area contributed by atoms with Crippen LogP contribution >= 0.6 is 27.3 Å². The van der Waals surface area contributed by atoms with E-state index in [4.69, 9.17) is 4.74 Å². The minimum absolute atomic E-state index is 0.671. The molecule has 4 aromatic rings. The zero-order valence-corrected chi connectivity index (χ0v) is 14.4. The number of halogens is 1. The average molecular weight is 388 g/mol. The van der Waals surface area contributed by atoms with Crippen LogP contribution in [0.1, 0.15) is 0 Å². The Balaban J connectivity index is 1.79. The number of benzene rings is 1. The summed E-state index contributed by atoms with van der Waals surface area (Å²) in [4.78, 5) is 4.91. The first-order chi connectivity index (χ1) is 11.2. The summed E-state index contributed by atoms with van der Waals surface area (Å²) >= 11 is 4.91. The number of fused-ring (bicyclic) bond motifs is 1. The predicted molar refractivity (Wildman–Crippen MR) is 91.6 cm³/mol. The first kappa shape index (κ1) is 14.3. The van der Waals surface area contributed by atoms with Crippen molar-refractivity contribution < 1.29 is 4.74 Å². The summed E-state index contributed by atoms with van der Waals surface area (Å²) in [6.45, 7) is 0. The Morgan fingerprint density at radius 2 is 1.91 bits per heavy atom. The van der Waals surface area contributed by atoms with E-state index in [9.17, 15) is 0 Å². The molecular formula is C15H10BrN5OS. The van der Waals surface area contributed by atoms with E-state index in [0.29, 0.717) is 5.82 Å². The van der Waals surface area contributed by atoms with E-state index in [1.165, 1.54) is 11.3 Å². The van der Waals surface area contributed by atoms with Crippen molar-refractivity contribution >= 4 is 32.2 Å². The highest BCUT2D eigenvalue weighted by atomic mass is 79.9. The number of pyridine rings is 1. The maximum Gasteiger partial charge on any atom is 0.235 e. The van der Waals surface area contributed by atoms with Crippen molar-refractivity contribution in [3.8, 4) is 27.7 Å². The van der Waals surface area contributed by atoms with Gasteiger partial charge in [-0.25, -0.2) is 0 Å². The van der Waals surface area contributed by atoms with Crippen LogP contribution in [0.3, 0.4) is 0 Å². The fourth-order valence-electron chi connectivity index (χ4n) is 2.18. The first-order valence-corrected chi connectivity index (χ1v) is 8.33. The third-order valence-corrected chi connectivity index (χ3v) is 4.67. The van der Waals surface area contributed by atoms with Gasteiger partial charge in [-0.3, -0.25) is 4.98 Å². The van der Waals surface area contributed by atoms with Gasteiger partial charge >= 0.3 is 0 Å². The maximum atomic E-state index is 5.18. The monoisotopic (exact) mass is 387 g/mol. The number of aromatic nitrogens is 5. The topological polar surface area (TPSA) is 65.2 Å². The normalized spacial score (nSPS) is 11.0. The average Bonchev–Trinajstić information content (AvgIpc) is 3.15. The fraction of sp³-hybridized carbons (Fsp3) is 0.0667. The molecule has 0 unspecified atom stereocenters. The summed E-state index contributed by atoms with van der Waals surface area (Å²) in [6, 6.07) is 9.72. The van der Waals surface area contributed by atoms with Crippen molar-refractivity contribution in [3.63, 3.8) is 0 Å². The quantitative estimate of drug-likeness (QED) is 0.536. The van der Waals surface area contributed by atoms with Crippen LogP contribution in [-0.4, -0.2) is 31.9 Å². The molecule has 0 N–H and O–H groups in total. The van der Waals surface area contributed by atoms with Crippen LogP contribution in [0.25, 0.3) is 26.9 Å². The van der Waals surface area contributed by atoms with E-state index in [0.717, 1.165) is 31.3 Å². The minimum Gasteiger partial charge on any atom is -0.497 e. The first-order valence-electron chi connectivity index (χ1n) is 6.72. The summed E-state index contributed by atoms with van der Waals surface area (Å²) in [6.07, 6.45) is 3.47. The van der Waals surface area contributed by atoms with E-state index < -0.39 is 0 Å². The molecule has 0 aliphatic carbocycles. The third kappa shape index (κ3) is 2.60. The molecule has 6 nitrogen and oxygen atoms in total. The van der Waals surface area contributed by atoms with Crippen molar-refractivity contribution in [2.45, 2.75) is 0 Å². The van der Waals surface area contributed by atoms with Gasteiger partial charge in [-0.2, -0.15) is 9.61 Å². The zero-order chi connectivity index (χ0) is 15.8. The molecule has 1 aromatic carbocycles. The molecule has 0 atom stereocenters. The van der Waals surface area contributed by atoms with E-state index in [1.807, 2.05) is 30.3 Å². The number of ether oxygens (including phenoxy) is 1. The molecule has 23 heavy (non-hydrogen) atoms. The summed E-state index contributed by atoms with van der Waals surface area (Å²) in [5, 5.41) is 13.9. The molecule has 0 spiro atoms. The number of rotatable bonds is 3. The molecule has 114 valence electrons. The van der Waals surface area contributed by atoms with Crippen molar-refractivity contribution in [3.05, 3.63) is 47.2 Å². The van der Waals surface area contributed by atoms with Gasteiger partial charge in [-0.05, 0) is 46.3 Å². The highest BCUT2D eigenvalue weighted by molar-refractivity contribution is 9.10. The molecule has 3 heterocycles. The Morgan fingerprint density at radius 1 is 1.09 bits per heavy atom. The molecule has 0 fully saturated rings. The van der Waals surface area contributed by atoms with Crippen molar-refractivity contribution in [1.82, 2.24) is 24.8 Å². The molecule has 8 heteroatoms. The van der Waals surface area contributed by atoms with Gasteiger partial charge in [0, 0.05) is 28.0 Å². The SMILES string of the molecule is COc1ccc(-c2nn3c(-c4cncc(Br)c4)nnc3s2)cc1. The number of hydrogen-bond acceptors (Lipinski definition) is 6. The lowest BCUT2D eigenvalue weighted by molar-refractivity contribution is 0.415. The third-order valence-electron chi connectivity index (χ3n) is 3.29. The second-order valence-electron chi connectivity index (χ2n) is 4.75. The molecular weight excluding hydrogens is 378 g/mol. The Bertz CT molecular complexity index is 979. The molecule has 4 rings (SSSR count). The van der Waals surface area contributed by atoms with Gasteiger partial charge in [0.25, 0.3) is 0 Å². The Labute approximate surface area is 143 Å². The molecule has 0 saturated heterocycles. The highest BCUT2D eigenvalue weighted by Crippen LogP contribution is 2.29. The van der Waals surface area contributed by atoms with E-state index >= 15 is 0 Å². The minimum atomic E-state index is 0.671. The van der Waals surface area contributed by atoms with Crippen LogP contribution in [0.15, 0.2) is 47.2 Å². The zero-order valence-electron chi connectivity index (χ0n) is 12.0. The summed E-state index contributed by atoms with van der Waals surface area (Å²) in [5.41, 5.74) is 1.87. The predicted octanol–water partition coefficient (Wildman–Crippen LogP) is 3.69. The molecule has 3 aromatic heterocycles. The summed E-state index contributed by atoms with van der Waals surface area (Å²) in [5.74, 6) is 1.49. The second-order valence-corrected chi connectivity index (χ2v) is 6.62. The Kier molecular flexibility index (Phi) is 3.55. The van der Waals surface area contributed by atoms with Crippen molar-refractivity contribution in [2.24, 2.45) is 0 Å². The van der Waals surface area contributed by atoms with Crippen LogP contribution in [-0.2, 0) is 0 Å². The molecule has 0 bridgehead atoms. The maximum absolute atomic E-state index is 5.18. The number of hydrogen-bond donors (Lipinski definition) is 0. The lowest BCUT2D eigenvalue weighted by Crippen LogP contribution is -1.91. The number of methoxy groups -OCH3 is 1. The molecule has 0 aliphatic heterocycles. The fourth-order valence-corrected chi connectivity index (χ4v) is 3.39. The van der Waals surface area contributed by atoms with Crippen molar-refractivity contribution in [1.29, 1.82) is 0 Å². The van der Waals surface area contributed by atoms with Gasteiger partial charge in [0.05, 0.1) is 7.11 Å². The molecule has 0 radical (unpaired) electrons. The van der Waals surface area contributed by atoms with Gasteiger partial charge in [0.1, 0.15) is 10.8 Å². The summed E-state index contributed by atoms with van der Waals surface area (Å²) < 4.78 is 7.81.